The molecule has 662 valence electrons. The van der Waals surface area contributed by atoms with Crippen LogP contribution >= 0.6 is 22.9 Å². The highest BCUT2D eigenvalue weighted by Gasteiger charge is 2.41. The molecule has 0 radical (unpaired) electrons. The number of rotatable bonds is 33. The summed E-state index contributed by atoms with van der Waals surface area (Å²) >= 11 is 7.73. The van der Waals surface area contributed by atoms with Crippen molar-refractivity contribution < 1.29 is 51.4 Å². The predicted molar refractivity (Wildman–Crippen MR) is 499 cm³/mol. The zero-order chi connectivity index (χ0) is 87.5. The zero-order valence-electron chi connectivity index (χ0n) is 73.6. The first kappa shape index (κ1) is 91.5. The number of carbonyl (C=O) groups is 5. The third-order valence-electron chi connectivity index (χ3n) is 25.8. The van der Waals surface area contributed by atoms with Crippen LogP contribution in [0.15, 0.2) is 189 Å². The number of piperidine rings is 4. The number of hydrogen-bond acceptors (Lipinski definition) is 14. The van der Waals surface area contributed by atoms with Crippen molar-refractivity contribution in [1.29, 1.82) is 0 Å². The Morgan fingerprint density at radius 3 is 1.57 bits per heavy atom. The molecule has 17 rings (SSSR count). The average molecular weight is 1740 g/mol. The van der Waals surface area contributed by atoms with Gasteiger partial charge in [-0.25, -0.2) is 4.98 Å². The maximum Gasteiger partial charge on any atom is 0.454 e. The van der Waals surface area contributed by atoms with Gasteiger partial charge in [0.15, 0.2) is 23.1 Å². The minimum Gasteiger partial charge on any atom is -0.497 e. The van der Waals surface area contributed by atoms with Crippen molar-refractivity contribution in [2.45, 2.75) is 188 Å². The number of thiazole rings is 1. The second kappa shape index (κ2) is 43.6. The number of aromatic nitrogens is 5. The van der Waals surface area contributed by atoms with Gasteiger partial charge in [0.2, 0.25) is 0 Å². The second-order valence-corrected chi connectivity index (χ2v) is 36.7. The minimum atomic E-state index is -4.87. The van der Waals surface area contributed by atoms with Crippen LogP contribution in [-0.2, 0) is 26.2 Å². The predicted octanol–water partition coefficient (Wildman–Crippen LogP) is 23.1. The van der Waals surface area contributed by atoms with E-state index in [1.807, 2.05) is 122 Å². The van der Waals surface area contributed by atoms with Gasteiger partial charge in [-0.15, -0.1) is 11.3 Å². The third-order valence-corrected chi connectivity index (χ3v) is 27.3. The molecule has 22 heteroatoms. The molecule has 0 N–H and O–H groups in total. The van der Waals surface area contributed by atoms with E-state index in [-0.39, 0.29) is 46.6 Å². The van der Waals surface area contributed by atoms with Gasteiger partial charge in [-0.3, -0.25) is 24.0 Å². The quantitative estimate of drug-likeness (QED) is 0.0358. The number of aryl methyl sites for hydroxylation is 4. The fourth-order valence-corrected chi connectivity index (χ4v) is 20.0. The van der Waals surface area contributed by atoms with E-state index in [4.69, 9.17) is 30.8 Å². The molecular weight excluding hydrogens is 1620 g/mol. The molecule has 5 fully saturated rings. The Bertz CT molecular complexity index is 5550. The molecule has 1 aliphatic carbocycles. The lowest BCUT2D eigenvalue weighted by Crippen LogP contribution is -2.38. The number of benzene rings is 7. The molecule has 17 nitrogen and oxygen atoms in total. The largest absolute Gasteiger partial charge is 0.497 e. The summed E-state index contributed by atoms with van der Waals surface area (Å²) in [5.41, 5.74) is 8.10. The number of hydrogen-bond donors (Lipinski definition) is 0. The summed E-state index contributed by atoms with van der Waals surface area (Å²) in [5, 5.41) is 5.42. The SMILES string of the molecule is CCCCC1CCN(CCCn2cc(C(=O)CC(C)C)c3ccccc32)CC1.COc1ccc2c(C(C)=O)cn(CCCN3CCC(Oc4ccc(Cl)cc4)CC3)c2c1.COc1cccc2c(C(=O)C3CC3)cn(CCCN3CCC(C(=O)c4ccccc4)CC3)c12.O=C(c1cn(CCCN2CCC(c3nc4ccccc4s3)CC2)c2ccccc12)C(F)(F)F. The number of para-hydroxylation sites is 4. The van der Waals surface area contributed by atoms with Crippen molar-refractivity contribution in [2.24, 2.45) is 23.7 Å². The van der Waals surface area contributed by atoms with Crippen molar-refractivity contribution in [3.05, 3.63) is 226 Å². The van der Waals surface area contributed by atoms with E-state index in [0.29, 0.717) is 35.7 Å². The fraction of sp³-hybridized carbons (Fsp3) is 0.456. The molecule has 9 heterocycles. The standard InChI is InChI=1S/C28H32N2O3.C25H29ClN2O3.C25H24F3N3OS.C25H38N2O/c1-33-25-10-5-9-23-24(28(32)21-11-12-21)19-30(26(23)25)16-6-15-29-17-13-22(14-18-29)27(31)20-7-3-2-4-8-20;1-18(29)24-17-28(25-16-22(30-2)8-9-23(24)25)13-3-12-27-14-10-21(11-15-27)31-20-6-4-19(26)5-7-20;26-25(27,28)23(32)19-16-31(21-8-3-1-6-18(19)21)13-5-12-30-14-10-17(11-15-30)24-29-20-7-2-4-9-22(20)33-24;1-4-5-9-21-12-16-26(17-13-21)14-8-15-27-19-23(25(28)18-20(2)3)22-10-6-7-11-24(22)27/h2-5,7-10,19,21-22H,6,11-18H2,1H3;4-9,16-17,21H,3,10-15H2,1-2H3;1-4,6-9,16-17H,5,10-15H2;6-7,10-11,19-21H,4-5,8-9,12-18H2,1-3H3. The lowest BCUT2D eigenvalue weighted by molar-refractivity contribution is -0.0884. The van der Waals surface area contributed by atoms with E-state index in [2.05, 4.69) is 90.6 Å². The number of carbonyl (C=O) groups excluding carboxylic acids is 5. The molecular formula is C103H123ClF3N9O8S. The summed E-state index contributed by atoms with van der Waals surface area (Å²) < 4.78 is 65.8. The summed E-state index contributed by atoms with van der Waals surface area (Å²) in [5.74, 6) is 3.85. The molecule has 4 aliphatic heterocycles. The number of halogens is 4. The number of unbranched alkanes of at least 4 members (excludes halogenated alkanes) is 1. The molecule has 5 aromatic heterocycles. The summed E-state index contributed by atoms with van der Waals surface area (Å²) in [6.45, 7) is 24.0. The maximum absolute atomic E-state index is 13.0. The van der Waals surface area contributed by atoms with Gasteiger partial charge in [0.25, 0.3) is 5.78 Å². The van der Waals surface area contributed by atoms with Crippen LogP contribution in [0.4, 0.5) is 13.2 Å². The monoisotopic (exact) mass is 1740 g/mol. The van der Waals surface area contributed by atoms with E-state index in [9.17, 15) is 37.1 Å². The average Bonchev–Trinajstić information content (AvgIpc) is 1.61. The van der Waals surface area contributed by atoms with E-state index in [1.165, 1.54) is 73.2 Å². The molecule has 0 bridgehead atoms. The molecule has 5 aliphatic rings. The zero-order valence-corrected chi connectivity index (χ0v) is 75.2. The van der Waals surface area contributed by atoms with Crippen molar-refractivity contribution >= 4 is 106 Å². The maximum atomic E-state index is 13.0. The highest BCUT2D eigenvalue weighted by molar-refractivity contribution is 7.18. The van der Waals surface area contributed by atoms with Crippen LogP contribution in [0.3, 0.4) is 0 Å². The van der Waals surface area contributed by atoms with Crippen molar-refractivity contribution in [3.8, 4) is 17.2 Å². The molecule has 0 unspecified atom stereocenters. The van der Waals surface area contributed by atoms with Gasteiger partial charge in [-0.1, -0.05) is 143 Å². The molecule has 0 atom stereocenters. The first-order valence-corrected chi connectivity index (χ1v) is 46.8. The van der Waals surface area contributed by atoms with E-state index < -0.39 is 12.0 Å². The van der Waals surface area contributed by atoms with Crippen LogP contribution in [-0.4, -0.2) is 177 Å². The summed E-state index contributed by atoms with van der Waals surface area (Å²) in [4.78, 5) is 77.0. The molecule has 0 spiro atoms. The number of ketones is 5. The summed E-state index contributed by atoms with van der Waals surface area (Å²) in [6.07, 6.45) is 22.4. The second-order valence-electron chi connectivity index (χ2n) is 35.2. The van der Waals surface area contributed by atoms with Crippen molar-refractivity contribution in [3.63, 3.8) is 0 Å². The first-order chi connectivity index (χ1) is 60.7. The Morgan fingerprint density at radius 1 is 0.488 bits per heavy atom. The van der Waals surface area contributed by atoms with Gasteiger partial charge >= 0.3 is 6.18 Å². The van der Waals surface area contributed by atoms with E-state index >= 15 is 0 Å². The Balaban J connectivity index is 0.000000136. The van der Waals surface area contributed by atoms with Gasteiger partial charge in [0, 0.05) is 154 Å². The molecule has 1 saturated carbocycles. The van der Waals surface area contributed by atoms with Gasteiger partial charge in [-0.05, 0) is 241 Å². The van der Waals surface area contributed by atoms with Crippen LogP contribution < -0.4 is 14.2 Å². The lowest BCUT2D eigenvalue weighted by Gasteiger charge is -2.32. The van der Waals surface area contributed by atoms with Crippen LogP contribution in [0.1, 0.15) is 206 Å². The van der Waals surface area contributed by atoms with E-state index in [1.54, 1.807) is 61.3 Å². The lowest BCUT2D eigenvalue weighted by atomic mass is 9.89. The first-order valence-electron chi connectivity index (χ1n) is 45.6. The molecule has 125 heavy (non-hydrogen) atoms. The van der Waals surface area contributed by atoms with Gasteiger partial charge in [-0.2, -0.15) is 13.2 Å². The molecule has 4 saturated heterocycles. The van der Waals surface area contributed by atoms with Crippen molar-refractivity contribution in [2.75, 3.05) is 92.8 Å². The van der Waals surface area contributed by atoms with Gasteiger partial charge < -0.3 is 52.1 Å². The fourth-order valence-electron chi connectivity index (χ4n) is 18.7. The summed E-state index contributed by atoms with van der Waals surface area (Å²) in [6, 6.07) is 52.6. The van der Waals surface area contributed by atoms with Crippen LogP contribution in [0.25, 0.3) is 53.8 Å². The van der Waals surface area contributed by atoms with Crippen molar-refractivity contribution in [1.82, 2.24) is 42.9 Å². The van der Waals surface area contributed by atoms with Gasteiger partial charge in [0.1, 0.15) is 23.4 Å². The Kier molecular flexibility index (Phi) is 31.9. The number of ether oxygens (including phenoxy) is 3. The Hall–Kier alpha value is -9.74. The number of Topliss-reactive ketones (excluding diaryl/α,β-unsaturated/α-hetero) is 5. The molecule has 12 aromatic rings. The van der Waals surface area contributed by atoms with E-state index in [0.717, 1.165) is 239 Å². The number of nitrogens with zero attached hydrogens (tertiary/aromatic N) is 9. The van der Waals surface area contributed by atoms with Crippen LogP contribution in [0, 0.1) is 23.7 Å². The summed E-state index contributed by atoms with van der Waals surface area (Å²) in [7, 11) is 3.36. The number of methoxy groups -OCH3 is 2. The minimum absolute atomic E-state index is 0.0941. The molecule has 0 amide bonds. The molecule has 7 aromatic carbocycles. The van der Waals surface area contributed by atoms with Crippen LogP contribution in [0.5, 0.6) is 17.2 Å². The number of fused-ring (bicyclic) bond motifs is 5. The number of likely N-dealkylation sites (tertiary alicyclic amines) is 4. The number of alkyl halides is 3. The topological polar surface area (TPSA) is 159 Å². The third kappa shape index (κ3) is 23.9. The highest BCUT2D eigenvalue weighted by atomic mass is 35.5. The normalized spacial score (nSPS) is 16.3. The Labute approximate surface area is 743 Å². The van der Waals surface area contributed by atoms with Gasteiger partial charge in [0.05, 0.1) is 46.0 Å². The highest BCUT2D eigenvalue weighted by Crippen LogP contribution is 2.40. The Morgan fingerprint density at radius 2 is 0.992 bits per heavy atom. The van der Waals surface area contributed by atoms with Crippen LogP contribution in [0.2, 0.25) is 5.02 Å². The smallest absolute Gasteiger partial charge is 0.454 e.